The van der Waals surface area contributed by atoms with E-state index in [1.807, 2.05) is 0 Å². The third-order valence-corrected chi connectivity index (χ3v) is 19.7. The number of benzene rings is 9. The molecular weight excluding hydrogens is 964 g/mol. The lowest BCUT2D eigenvalue weighted by molar-refractivity contribution is 0.573. The van der Waals surface area contributed by atoms with Gasteiger partial charge in [-0.3, -0.25) is 0 Å². The molecule has 0 saturated heterocycles. The highest BCUT2D eigenvalue weighted by atomic mass is 15.1. The summed E-state index contributed by atoms with van der Waals surface area (Å²) in [5.41, 5.74) is 30.2. The van der Waals surface area contributed by atoms with Gasteiger partial charge in [-0.25, -0.2) is 0 Å². The van der Waals surface area contributed by atoms with Gasteiger partial charge in [-0.05, 0) is 168 Å². The highest BCUT2D eigenvalue weighted by molar-refractivity contribution is 7.00. The average Bonchev–Trinajstić information content (AvgIpc) is 1.47. The molecule has 2 aromatic heterocycles. The maximum absolute atomic E-state index is 2.83. The maximum Gasteiger partial charge on any atom is 0.252 e. The lowest BCUT2D eigenvalue weighted by Crippen LogP contribution is -2.61. The van der Waals surface area contributed by atoms with Crippen LogP contribution in [0, 0.1) is 0 Å². The Kier molecular flexibility index (Phi) is 9.52. The summed E-state index contributed by atoms with van der Waals surface area (Å²) in [5.74, 6) is 0. The highest BCUT2D eigenvalue weighted by Crippen LogP contribution is 2.63. The smallest absolute Gasteiger partial charge is 0.252 e. The van der Waals surface area contributed by atoms with Gasteiger partial charge in [0.1, 0.15) is 0 Å². The number of nitrogens with zero attached hydrogens (tertiary/aromatic N) is 2. The lowest BCUT2D eigenvalue weighted by atomic mass is 9.33. The standard InChI is InChI=1S/C77H77BN2/c1-71(2,3)43-30-31-63-51(33-43)52-35-46(74(10,11)12)39-61-67(52)79(63)69-55(50-27-23-24-42-32-44(72(4,5)6)37-58(64(42)50)76(16,17)18)41-60-70-65(69)78(61)62-40-47(75(13,14)15)36-54-53-34-45(73(7,8)9)38-59(66(53)80(70)68(54)62)77(60)56-28-21-19-25-48(56)49-26-20-22-29-57(49)77/h19-41H,1-18H3. The van der Waals surface area contributed by atoms with Crippen LogP contribution in [0.5, 0.6) is 0 Å². The fourth-order valence-electron chi connectivity index (χ4n) is 15.5. The summed E-state index contributed by atoms with van der Waals surface area (Å²) in [7, 11) is 0. The number of aromatic nitrogens is 2. The highest BCUT2D eigenvalue weighted by Gasteiger charge is 2.55. The van der Waals surface area contributed by atoms with E-state index >= 15 is 0 Å². The van der Waals surface area contributed by atoms with Gasteiger partial charge in [-0.15, -0.1) is 0 Å². The van der Waals surface area contributed by atoms with Gasteiger partial charge in [0.05, 0.1) is 22.1 Å². The minimum absolute atomic E-state index is 0.0295. The van der Waals surface area contributed by atoms with Crippen molar-refractivity contribution in [2.75, 3.05) is 0 Å². The second-order valence-electron chi connectivity index (χ2n) is 31.0. The van der Waals surface area contributed by atoms with Crippen LogP contribution < -0.4 is 16.4 Å². The Morgan fingerprint density at radius 1 is 0.338 bits per heavy atom. The molecule has 1 aliphatic carbocycles. The van der Waals surface area contributed by atoms with Crippen molar-refractivity contribution in [3.63, 3.8) is 0 Å². The van der Waals surface area contributed by atoms with Crippen LogP contribution in [0.25, 0.3) is 88.0 Å². The molecule has 0 N–H and O–H groups in total. The predicted octanol–water partition coefficient (Wildman–Crippen LogP) is 18.3. The van der Waals surface area contributed by atoms with Gasteiger partial charge in [-0.1, -0.05) is 228 Å². The molecule has 0 saturated carbocycles. The van der Waals surface area contributed by atoms with E-state index in [1.54, 1.807) is 0 Å². The first-order valence-electron chi connectivity index (χ1n) is 29.8. The summed E-state index contributed by atoms with van der Waals surface area (Å²) >= 11 is 0. The minimum atomic E-state index is -0.648. The molecule has 80 heavy (non-hydrogen) atoms. The van der Waals surface area contributed by atoms with Crippen molar-refractivity contribution < 1.29 is 0 Å². The molecule has 3 aliphatic heterocycles. The topological polar surface area (TPSA) is 9.86 Å². The second kappa shape index (κ2) is 15.3. The van der Waals surface area contributed by atoms with Crippen molar-refractivity contribution in [3.8, 4) is 33.6 Å². The zero-order chi connectivity index (χ0) is 56.2. The maximum atomic E-state index is 2.83. The van der Waals surface area contributed by atoms with Gasteiger partial charge in [0.2, 0.25) is 0 Å². The molecule has 11 aromatic rings. The van der Waals surface area contributed by atoms with Gasteiger partial charge in [0, 0.05) is 43.8 Å². The van der Waals surface area contributed by atoms with Gasteiger partial charge in [0.25, 0.3) is 6.71 Å². The SMILES string of the molecule is CC(C)(C)c1cc(C(C)(C)C)c2c(-c3cc4c5c6c3-n3c7ccc(C(C)(C)C)cc7c7cc(C(C)(C)C)cc(c73)B6c3cc(C(C)(C)C)cc6c7cc(C(C)(C)C)cc(c7n-5c36)C43c4ccccc4-c4ccccc43)cccc2c1. The molecule has 0 amide bonds. The summed E-state index contributed by atoms with van der Waals surface area (Å²) in [6.45, 7) is 43.2. The molecule has 15 rings (SSSR count). The Labute approximate surface area is 475 Å². The first kappa shape index (κ1) is 49.9. The van der Waals surface area contributed by atoms with E-state index in [0.29, 0.717) is 0 Å². The molecule has 5 heterocycles. The van der Waals surface area contributed by atoms with Crippen LogP contribution in [0.3, 0.4) is 0 Å². The molecule has 2 nitrogen and oxygen atoms in total. The molecule has 0 unspecified atom stereocenters. The van der Waals surface area contributed by atoms with Gasteiger partial charge >= 0.3 is 0 Å². The second-order valence-corrected chi connectivity index (χ2v) is 31.0. The Balaban J connectivity index is 1.27. The molecule has 3 heteroatoms. The summed E-state index contributed by atoms with van der Waals surface area (Å²) in [6.07, 6.45) is 0. The Morgan fingerprint density at radius 3 is 1.39 bits per heavy atom. The summed E-state index contributed by atoms with van der Waals surface area (Å²) < 4.78 is 5.62. The quantitative estimate of drug-likeness (QED) is 0.145. The first-order chi connectivity index (χ1) is 37.5. The molecule has 0 radical (unpaired) electrons. The van der Waals surface area contributed by atoms with Crippen molar-refractivity contribution >= 4 is 77.5 Å². The third kappa shape index (κ3) is 6.33. The fraction of sp³-hybridized carbons (Fsp3) is 0.325. The van der Waals surface area contributed by atoms with Gasteiger partial charge in [0.15, 0.2) is 0 Å². The fourth-order valence-corrected chi connectivity index (χ4v) is 15.5. The van der Waals surface area contributed by atoms with Crippen molar-refractivity contribution in [2.45, 2.75) is 163 Å². The largest absolute Gasteiger partial charge is 0.310 e. The Morgan fingerprint density at radius 2 is 0.825 bits per heavy atom. The van der Waals surface area contributed by atoms with Crippen LogP contribution >= 0.6 is 0 Å². The predicted molar refractivity (Wildman–Crippen MR) is 346 cm³/mol. The van der Waals surface area contributed by atoms with Crippen LogP contribution in [0.4, 0.5) is 0 Å². The van der Waals surface area contributed by atoms with Gasteiger partial charge in [-0.2, -0.15) is 0 Å². The zero-order valence-corrected chi connectivity index (χ0v) is 50.8. The molecule has 4 aliphatic rings. The lowest BCUT2D eigenvalue weighted by Gasteiger charge is -2.45. The van der Waals surface area contributed by atoms with E-state index < -0.39 is 5.41 Å². The molecule has 9 aromatic carbocycles. The van der Waals surface area contributed by atoms with E-state index in [2.05, 4.69) is 273 Å². The number of hydrogen-bond donors (Lipinski definition) is 0. The van der Waals surface area contributed by atoms with Crippen molar-refractivity contribution in [1.82, 2.24) is 9.13 Å². The molecule has 1 spiro atoms. The van der Waals surface area contributed by atoms with E-state index in [4.69, 9.17) is 0 Å². The average molecular weight is 1040 g/mol. The van der Waals surface area contributed by atoms with Crippen molar-refractivity contribution in [1.29, 1.82) is 0 Å². The molecular formula is C77H77BN2. The van der Waals surface area contributed by atoms with Crippen molar-refractivity contribution in [3.05, 3.63) is 195 Å². The molecule has 0 bridgehead atoms. The van der Waals surface area contributed by atoms with Crippen LogP contribution in [0.15, 0.2) is 140 Å². The minimum Gasteiger partial charge on any atom is -0.310 e. The Bertz CT molecular complexity index is 4590. The zero-order valence-electron chi connectivity index (χ0n) is 50.8. The molecule has 0 atom stereocenters. The number of fused-ring (bicyclic) bond motifs is 15. The number of rotatable bonds is 1. The van der Waals surface area contributed by atoms with E-state index in [9.17, 15) is 0 Å². The van der Waals surface area contributed by atoms with Crippen LogP contribution in [-0.2, 0) is 37.9 Å². The normalized spacial score (nSPS) is 15.2. The van der Waals surface area contributed by atoms with Crippen molar-refractivity contribution in [2.24, 2.45) is 0 Å². The van der Waals surface area contributed by atoms with E-state index in [-0.39, 0.29) is 39.2 Å². The molecule has 398 valence electrons. The number of hydrogen-bond acceptors (Lipinski definition) is 0. The van der Waals surface area contributed by atoms with E-state index in [0.717, 1.165) is 0 Å². The van der Waals surface area contributed by atoms with E-state index in [1.165, 1.54) is 160 Å². The summed E-state index contributed by atoms with van der Waals surface area (Å²) in [5, 5.41) is 8.09. The van der Waals surface area contributed by atoms with Crippen LogP contribution in [0.1, 0.15) is 180 Å². The molecule has 0 fully saturated rings. The Hall–Kier alpha value is -7.10. The first-order valence-corrected chi connectivity index (χ1v) is 29.8. The summed E-state index contributed by atoms with van der Waals surface area (Å²) in [6, 6.07) is 57.3. The van der Waals surface area contributed by atoms with Gasteiger partial charge < -0.3 is 9.13 Å². The summed E-state index contributed by atoms with van der Waals surface area (Å²) in [4.78, 5) is 0. The van der Waals surface area contributed by atoms with Crippen LogP contribution in [-0.4, -0.2) is 15.8 Å². The monoisotopic (exact) mass is 1040 g/mol. The van der Waals surface area contributed by atoms with Crippen LogP contribution in [0.2, 0.25) is 0 Å². The third-order valence-electron chi connectivity index (χ3n) is 19.7.